The van der Waals surface area contributed by atoms with E-state index in [9.17, 15) is 19.5 Å². The molecule has 2 aromatic rings. The van der Waals surface area contributed by atoms with E-state index in [1.807, 2.05) is 55.5 Å². The summed E-state index contributed by atoms with van der Waals surface area (Å²) in [5.74, 6) is -1.10. The number of carbonyl (C=O) groups excluding carboxylic acids is 3. The van der Waals surface area contributed by atoms with Crippen molar-refractivity contribution >= 4 is 46.5 Å². The van der Waals surface area contributed by atoms with Gasteiger partial charge in [0.15, 0.2) is 0 Å². The molecule has 2 bridgehead atoms. The lowest BCUT2D eigenvalue weighted by atomic mass is 9.66. The minimum atomic E-state index is -0.785. The van der Waals surface area contributed by atoms with E-state index in [2.05, 4.69) is 38.8 Å². The zero-order valence-electron chi connectivity index (χ0n) is 28.8. The van der Waals surface area contributed by atoms with Crippen LogP contribution in [0.1, 0.15) is 47.0 Å². The zero-order chi connectivity index (χ0) is 34.6. The Balaban J connectivity index is 1.53. The quantitative estimate of drug-likeness (QED) is 0.234. The monoisotopic (exact) mass is 674 g/mol. The number of rotatable bonds is 16. The number of aliphatic hydroxyl groups is 1. The molecule has 0 aliphatic carbocycles. The number of amides is 3. The predicted octanol–water partition coefficient (Wildman–Crippen LogP) is 5.53. The molecule has 2 aromatic carbocycles. The normalized spacial score (nSPS) is 25.5. The van der Waals surface area contributed by atoms with Crippen LogP contribution in [0.15, 0.2) is 73.8 Å². The summed E-state index contributed by atoms with van der Waals surface area (Å²) >= 11 is 1.65. The highest BCUT2D eigenvalue weighted by molar-refractivity contribution is 8.02. The van der Waals surface area contributed by atoms with E-state index in [0.29, 0.717) is 37.3 Å². The van der Waals surface area contributed by atoms with Crippen LogP contribution in [0.4, 0.5) is 17.1 Å². The van der Waals surface area contributed by atoms with Gasteiger partial charge in [-0.05, 0) is 95.5 Å². The molecule has 258 valence electrons. The van der Waals surface area contributed by atoms with E-state index < -0.39 is 27.4 Å². The fraction of sp³-hybridized carbons (Fsp3) is 0.500. The number of anilines is 3. The molecule has 3 aliphatic rings. The first-order valence-corrected chi connectivity index (χ1v) is 18.0. The minimum Gasteiger partial charge on any atom is -0.494 e. The lowest BCUT2D eigenvalue weighted by molar-refractivity contribution is -0.139. The molecule has 3 heterocycles. The molecule has 3 fully saturated rings. The van der Waals surface area contributed by atoms with Crippen molar-refractivity contribution in [1.29, 1.82) is 0 Å². The number of fused-ring (bicyclic) bond motifs is 1. The number of hydrogen-bond donors (Lipinski definition) is 1. The maximum Gasteiger partial charge on any atom is 0.251 e. The number of aliphatic hydroxyl groups excluding tert-OH is 1. The van der Waals surface area contributed by atoms with Gasteiger partial charge in [0.2, 0.25) is 11.8 Å². The van der Waals surface area contributed by atoms with Gasteiger partial charge in [0.05, 0.1) is 23.2 Å². The summed E-state index contributed by atoms with van der Waals surface area (Å²) in [6.45, 7) is 19.1. The van der Waals surface area contributed by atoms with Gasteiger partial charge in [0.25, 0.3) is 5.91 Å². The second kappa shape index (κ2) is 14.8. The van der Waals surface area contributed by atoms with Crippen molar-refractivity contribution in [3.63, 3.8) is 0 Å². The summed E-state index contributed by atoms with van der Waals surface area (Å²) in [5.41, 5.74) is 2.51. The second-order valence-electron chi connectivity index (χ2n) is 12.9. The maximum atomic E-state index is 14.9. The molecule has 3 aliphatic heterocycles. The fourth-order valence-corrected chi connectivity index (χ4v) is 10.4. The molecule has 5 rings (SSSR count). The number of nitrogens with zero attached hydrogens (tertiary/aromatic N) is 4. The average molecular weight is 675 g/mol. The lowest BCUT2D eigenvalue weighted by Crippen LogP contribution is -2.55. The molecule has 0 saturated carbocycles. The summed E-state index contributed by atoms with van der Waals surface area (Å²) in [4.78, 5) is 51.6. The lowest BCUT2D eigenvalue weighted by Gasteiger charge is -2.38. The molecular weight excluding hydrogens is 625 g/mol. The van der Waals surface area contributed by atoms with Gasteiger partial charge in [-0.3, -0.25) is 14.4 Å². The second-order valence-corrected chi connectivity index (χ2v) is 14.8. The number of ether oxygens (including phenoxy) is 1. The largest absolute Gasteiger partial charge is 0.494 e. The van der Waals surface area contributed by atoms with Crippen LogP contribution in [0.3, 0.4) is 0 Å². The van der Waals surface area contributed by atoms with Crippen molar-refractivity contribution in [3.05, 3.63) is 73.8 Å². The van der Waals surface area contributed by atoms with Gasteiger partial charge in [-0.2, -0.15) is 0 Å². The van der Waals surface area contributed by atoms with E-state index in [1.54, 1.807) is 38.6 Å². The van der Waals surface area contributed by atoms with Crippen LogP contribution < -0.4 is 19.4 Å². The minimum absolute atomic E-state index is 0.108. The van der Waals surface area contributed by atoms with E-state index in [1.165, 1.54) is 0 Å². The Kier molecular flexibility index (Phi) is 10.9. The van der Waals surface area contributed by atoms with Gasteiger partial charge in [-0.25, -0.2) is 0 Å². The third-order valence-corrected chi connectivity index (χ3v) is 12.2. The van der Waals surface area contributed by atoms with E-state index in [-0.39, 0.29) is 44.0 Å². The maximum absolute atomic E-state index is 14.9. The molecule has 0 aromatic heterocycles. The van der Waals surface area contributed by atoms with Gasteiger partial charge in [-0.15, -0.1) is 24.9 Å². The molecule has 3 amide bonds. The van der Waals surface area contributed by atoms with E-state index in [4.69, 9.17) is 4.74 Å². The number of carbonyl (C=O) groups is 3. The number of thioether (sulfide) groups is 1. The van der Waals surface area contributed by atoms with Crippen LogP contribution in [-0.4, -0.2) is 89.2 Å². The molecule has 48 heavy (non-hydrogen) atoms. The Hall–Kier alpha value is -3.76. The Bertz CT molecular complexity index is 1500. The highest BCUT2D eigenvalue weighted by Gasteiger charge is 2.77. The molecule has 1 spiro atoms. The van der Waals surface area contributed by atoms with E-state index in [0.717, 1.165) is 24.5 Å². The Labute approximate surface area is 289 Å². The van der Waals surface area contributed by atoms with Crippen molar-refractivity contribution < 1.29 is 24.2 Å². The predicted molar refractivity (Wildman–Crippen MR) is 195 cm³/mol. The van der Waals surface area contributed by atoms with Crippen LogP contribution in [0.25, 0.3) is 0 Å². The summed E-state index contributed by atoms with van der Waals surface area (Å²) < 4.78 is 4.31. The molecule has 0 radical (unpaired) electrons. The summed E-state index contributed by atoms with van der Waals surface area (Å²) in [6.07, 6.45) is 5.10. The molecule has 1 N–H and O–H groups in total. The van der Waals surface area contributed by atoms with Gasteiger partial charge in [-0.1, -0.05) is 12.2 Å². The van der Waals surface area contributed by atoms with Crippen molar-refractivity contribution in [1.82, 2.24) is 4.90 Å². The van der Waals surface area contributed by atoms with Crippen LogP contribution in [0, 0.1) is 11.8 Å². The Morgan fingerprint density at radius 2 is 1.50 bits per heavy atom. The number of hydrogen-bond acceptors (Lipinski definition) is 7. The third-order valence-electron chi connectivity index (χ3n) is 10.2. The topological polar surface area (TPSA) is 93.6 Å². The Morgan fingerprint density at radius 3 is 2.04 bits per heavy atom. The summed E-state index contributed by atoms with van der Waals surface area (Å²) in [6, 6.07) is 14.6. The number of likely N-dealkylation sites (tertiary alicyclic amines) is 1. The Morgan fingerprint density at radius 1 is 0.938 bits per heavy atom. The van der Waals surface area contributed by atoms with Crippen molar-refractivity contribution in [2.45, 2.75) is 62.5 Å². The molecule has 3 saturated heterocycles. The van der Waals surface area contributed by atoms with Gasteiger partial charge in [0, 0.05) is 61.1 Å². The summed E-state index contributed by atoms with van der Waals surface area (Å²) in [7, 11) is 0. The highest BCUT2D eigenvalue weighted by atomic mass is 32.2. The first-order valence-electron chi connectivity index (χ1n) is 17.2. The fourth-order valence-electron chi connectivity index (χ4n) is 8.10. The van der Waals surface area contributed by atoms with Gasteiger partial charge >= 0.3 is 0 Å². The highest BCUT2D eigenvalue weighted by Crippen LogP contribution is 2.71. The summed E-state index contributed by atoms with van der Waals surface area (Å²) in [5, 5.41) is 9.81. The van der Waals surface area contributed by atoms with Crippen LogP contribution in [0.5, 0.6) is 5.75 Å². The van der Waals surface area contributed by atoms with Gasteiger partial charge in [0.1, 0.15) is 11.8 Å². The standard InChI is InChI=1S/C38H50N4O5S/c1-7-23-40(29-17-19-30(20-18-29)47-11-5)34(44)31-32-35(45)42(25-12-26-43)33(38(32)22-21-37(31,6)48-38)36(46)41(24-8-2)28-15-13-27(14-16-28)39(9-3)10-4/h7-8,13-20,31-33,43H,1-2,9-12,21-26H2,3-6H3/t31-,32+,33?,37+,38?/m1/s1. The molecule has 2 unspecified atom stereocenters. The molecular formula is C38H50N4O5S. The van der Waals surface area contributed by atoms with E-state index >= 15 is 0 Å². The molecule has 5 atom stereocenters. The first-order chi connectivity index (χ1) is 23.1. The van der Waals surface area contributed by atoms with Crippen LogP contribution in [0.2, 0.25) is 0 Å². The SMILES string of the molecule is C=CCN(C(=O)C1N(CCCO)C(=O)[C@@H]2[C@H](C(=O)N(CC=C)c3ccc(OCC)cc3)[C@]3(C)CCC12S3)c1ccc(N(CC)CC)cc1. The van der Waals surface area contributed by atoms with Crippen molar-refractivity contribution in [2.24, 2.45) is 11.8 Å². The van der Waals surface area contributed by atoms with Crippen molar-refractivity contribution in [2.75, 3.05) is 60.6 Å². The van der Waals surface area contributed by atoms with Crippen LogP contribution in [-0.2, 0) is 14.4 Å². The van der Waals surface area contributed by atoms with Crippen LogP contribution >= 0.6 is 11.8 Å². The first kappa shape index (κ1) is 35.5. The van der Waals surface area contributed by atoms with Gasteiger partial charge < -0.3 is 29.4 Å². The molecule has 9 nitrogen and oxygen atoms in total. The molecule has 10 heteroatoms. The third kappa shape index (κ3) is 6.13. The number of benzene rings is 2. The average Bonchev–Trinajstić information content (AvgIpc) is 3.66. The zero-order valence-corrected chi connectivity index (χ0v) is 29.6. The smallest absolute Gasteiger partial charge is 0.251 e. The van der Waals surface area contributed by atoms with Crippen molar-refractivity contribution in [3.8, 4) is 5.75 Å².